The molecule has 1 saturated heterocycles. The van der Waals surface area contributed by atoms with Crippen molar-refractivity contribution in [2.45, 2.75) is 52.2 Å². The van der Waals surface area contributed by atoms with Gasteiger partial charge in [-0.2, -0.15) is 0 Å². The van der Waals surface area contributed by atoms with Crippen LogP contribution in [0.2, 0.25) is 0 Å². The van der Waals surface area contributed by atoms with Gasteiger partial charge in [0.15, 0.2) is 0 Å². The quantitative estimate of drug-likeness (QED) is 0.911. The van der Waals surface area contributed by atoms with Crippen molar-refractivity contribution in [1.82, 2.24) is 10.2 Å². The van der Waals surface area contributed by atoms with Crippen molar-refractivity contribution >= 4 is 11.8 Å². The van der Waals surface area contributed by atoms with Crippen LogP contribution in [0.15, 0.2) is 24.3 Å². The average Bonchev–Trinajstić information content (AvgIpc) is 2.45. The number of rotatable bonds is 2. The molecule has 0 unspecified atom stereocenters. The van der Waals surface area contributed by atoms with Crippen LogP contribution in [-0.2, 0) is 4.74 Å². The molecule has 1 aromatic rings. The number of ether oxygens (including phenoxy) is 1. The molecule has 1 aliphatic rings. The molecule has 0 aromatic heterocycles. The van der Waals surface area contributed by atoms with Gasteiger partial charge in [-0.05, 0) is 58.9 Å². The molecular formula is C18H26N2O3. The SMILES string of the molecule is C[C@@H]1COC[C@@H](C)N1C(=O)c1ccc(C(=O)NC(C)(C)C)cc1. The maximum atomic E-state index is 12.7. The van der Waals surface area contributed by atoms with Crippen molar-refractivity contribution in [1.29, 1.82) is 0 Å². The van der Waals surface area contributed by atoms with Gasteiger partial charge in [0.1, 0.15) is 0 Å². The molecule has 0 aliphatic carbocycles. The predicted molar refractivity (Wildman–Crippen MR) is 89.6 cm³/mol. The zero-order valence-electron chi connectivity index (χ0n) is 14.6. The van der Waals surface area contributed by atoms with Crippen LogP contribution in [0.5, 0.6) is 0 Å². The number of nitrogens with one attached hydrogen (secondary N) is 1. The minimum absolute atomic E-state index is 0.0175. The first-order chi connectivity index (χ1) is 10.7. The number of morpholine rings is 1. The van der Waals surface area contributed by atoms with E-state index in [1.807, 2.05) is 39.5 Å². The molecule has 23 heavy (non-hydrogen) atoms. The summed E-state index contributed by atoms with van der Waals surface area (Å²) < 4.78 is 5.46. The van der Waals surface area contributed by atoms with Gasteiger partial charge in [-0.3, -0.25) is 9.59 Å². The highest BCUT2D eigenvalue weighted by Gasteiger charge is 2.30. The van der Waals surface area contributed by atoms with Crippen molar-refractivity contribution in [2.24, 2.45) is 0 Å². The molecule has 1 N–H and O–H groups in total. The Labute approximate surface area is 138 Å². The molecule has 0 saturated carbocycles. The van der Waals surface area contributed by atoms with Crippen LogP contribution < -0.4 is 5.32 Å². The molecule has 2 rings (SSSR count). The second-order valence-electron chi connectivity index (χ2n) is 7.23. The van der Waals surface area contributed by atoms with Crippen LogP contribution in [0.25, 0.3) is 0 Å². The van der Waals surface area contributed by atoms with Crippen molar-refractivity contribution in [3.8, 4) is 0 Å². The molecule has 0 spiro atoms. The van der Waals surface area contributed by atoms with E-state index in [1.54, 1.807) is 24.3 Å². The van der Waals surface area contributed by atoms with Gasteiger partial charge < -0.3 is 15.0 Å². The van der Waals surface area contributed by atoms with Crippen molar-refractivity contribution in [3.63, 3.8) is 0 Å². The van der Waals surface area contributed by atoms with E-state index >= 15 is 0 Å². The summed E-state index contributed by atoms with van der Waals surface area (Å²) in [6.07, 6.45) is 0. The molecule has 2 atom stereocenters. The number of carbonyl (C=O) groups is 2. The minimum atomic E-state index is -0.287. The molecule has 1 aliphatic heterocycles. The minimum Gasteiger partial charge on any atom is -0.377 e. The Balaban J connectivity index is 2.12. The van der Waals surface area contributed by atoms with Gasteiger partial charge in [0.2, 0.25) is 0 Å². The molecule has 5 nitrogen and oxygen atoms in total. The summed E-state index contributed by atoms with van der Waals surface area (Å²) in [6, 6.07) is 6.93. The molecule has 2 amide bonds. The largest absolute Gasteiger partial charge is 0.377 e. The van der Waals surface area contributed by atoms with Gasteiger partial charge in [-0.25, -0.2) is 0 Å². The summed E-state index contributed by atoms with van der Waals surface area (Å²) in [5, 5.41) is 2.91. The molecule has 1 aromatic carbocycles. The van der Waals surface area contributed by atoms with Gasteiger partial charge in [0.25, 0.3) is 11.8 Å². The van der Waals surface area contributed by atoms with E-state index < -0.39 is 0 Å². The fourth-order valence-corrected chi connectivity index (χ4v) is 2.73. The first-order valence-corrected chi connectivity index (χ1v) is 8.02. The summed E-state index contributed by atoms with van der Waals surface area (Å²) in [7, 11) is 0. The molecular weight excluding hydrogens is 292 g/mol. The topological polar surface area (TPSA) is 58.6 Å². The Morgan fingerprint density at radius 3 is 2.00 bits per heavy atom. The molecule has 5 heteroatoms. The van der Waals surface area contributed by atoms with Gasteiger partial charge in [-0.15, -0.1) is 0 Å². The third-order valence-corrected chi connectivity index (χ3v) is 3.78. The van der Waals surface area contributed by atoms with Crippen molar-refractivity contribution < 1.29 is 14.3 Å². The van der Waals surface area contributed by atoms with Crippen LogP contribution >= 0.6 is 0 Å². The fraction of sp³-hybridized carbons (Fsp3) is 0.556. The van der Waals surface area contributed by atoms with Gasteiger partial charge in [0, 0.05) is 16.7 Å². The van der Waals surface area contributed by atoms with Crippen LogP contribution in [-0.4, -0.2) is 47.6 Å². The molecule has 0 radical (unpaired) electrons. The summed E-state index contributed by atoms with van der Waals surface area (Å²) in [6.45, 7) is 10.9. The van der Waals surface area contributed by atoms with E-state index in [-0.39, 0.29) is 29.4 Å². The van der Waals surface area contributed by atoms with Crippen molar-refractivity contribution in [2.75, 3.05) is 13.2 Å². The smallest absolute Gasteiger partial charge is 0.254 e. The lowest BCUT2D eigenvalue weighted by molar-refractivity contribution is -0.0249. The van der Waals surface area contributed by atoms with Gasteiger partial charge in [-0.1, -0.05) is 0 Å². The number of hydrogen-bond donors (Lipinski definition) is 1. The third-order valence-electron chi connectivity index (χ3n) is 3.78. The molecule has 1 heterocycles. The van der Waals surface area contributed by atoms with Crippen molar-refractivity contribution in [3.05, 3.63) is 35.4 Å². The molecule has 126 valence electrons. The number of nitrogens with zero attached hydrogens (tertiary/aromatic N) is 1. The van der Waals surface area contributed by atoms with Crippen LogP contribution in [0.4, 0.5) is 0 Å². The van der Waals surface area contributed by atoms with E-state index in [0.29, 0.717) is 24.3 Å². The predicted octanol–water partition coefficient (Wildman–Crippen LogP) is 2.46. The second kappa shape index (κ2) is 6.71. The maximum Gasteiger partial charge on any atom is 0.254 e. The van der Waals surface area contributed by atoms with Gasteiger partial charge in [0.05, 0.1) is 25.3 Å². The third kappa shape index (κ3) is 4.32. The Kier molecular flexibility index (Phi) is 5.09. The normalized spacial score (nSPS) is 21.9. The monoisotopic (exact) mass is 318 g/mol. The second-order valence-corrected chi connectivity index (χ2v) is 7.23. The highest BCUT2D eigenvalue weighted by Crippen LogP contribution is 2.18. The highest BCUT2D eigenvalue weighted by molar-refractivity contribution is 5.98. The lowest BCUT2D eigenvalue weighted by Gasteiger charge is -2.38. The van der Waals surface area contributed by atoms with Crippen LogP contribution in [0.3, 0.4) is 0 Å². The summed E-state index contributed by atoms with van der Waals surface area (Å²) >= 11 is 0. The molecule has 0 bridgehead atoms. The van der Waals surface area contributed by atoms with Crippen LogP contribution in [0, 0.1) is 0 Å². The fourth-order valence-electron chi connectivity index (χ4n) is 2.73. The highest BCUT2D eigenvalue weighted by atomic mass is 16.5. The van der Waals surface area contributed by atoms with Gasteiger partial charge >= 0.3 is 0 Å². The lowest BCUT2D eigenvalue weighted by Crippen LogP contribution is -2.52. The van der Waals surface area contributed by atoms with E-state index in [9.17, 15) is 9.59 Å². The maximum absolute atomic E-state index is 12.7. The first kappa shape index (κ1) is 17.5. The summed E-state index contributed by atoms with van der Waals surface area (Å²) in [5.74, 6) is -0.152. The van der Waals surface area contributed by atoms with E-state index in [1.165, 1.54) is 0 Å². The number of hydrogen-bond acceptors (Lipinski definition) is 3. The lowest BCUT2D eigenvalue weighted by atomic mass is 10.1. The molecule has 1 fully saturated rings. The van der Waals surface area contributed by atoms with E-state index in [4.69, 9.17) is 4.74 Å². The number of carbonyl (C=O) groups excluding carboxylic acids is 2. The Bertz CT molecular complexity index is 565. The number of amides is 2. The van der Waals surface area contributed by atoms with E-state index in [2.05, 4.69) is 5.32 Å². The zero-order chi connectivity index (χ0) is 17.2. The summed E-state index contributed by atoms with van der Waals surface area (Å²) in [4.78, 5) is 26.7. The summed E-state index contributed by atoms with van der Waals surface area (Å²) in [5.41, 5.74) is 0.863. The van der Waals surface area contributed by atoms with Crippen LogP contribution in [0.1, 0.15) is 55.3 Å². The first-order valence-electron chi connectivity index (χ1n) is 8.02. The zero-order valence-corrected chi connectivity index (χ0v) is 14.6. The number of benzene rings is 1. The Hall–Kier alpha value is -1.88. The Morgan fingerprint density at radius 2 is 1.52 bits per heavy atom. The average molecular weight is 318 g/mol. The Morgan fingerprint density at radius 1 is 1.04 bits per heavy atom. The van der Waals surface area contributed by atoms with E-state index in [0.717, 1.165) is 0 Å². The standard InChI is InChI=1S/C18H26N2O3/c1-12-10-23-11-13(2)20(12)17(22)15-8-6-14(7-9-15)16(21)19-18(3,4)5/h6-9,12-13H,10-11H2,1-5H3,(H,19,21)/t12-,13-/m1/s1.